The number of methoxy groups -OCH3 is 1. The van der Waals surface area contributed by atoms with Crippen LogP contribution in [-0.4, -0.2) is 108 Å². The summed E-state index contributed by atoms with van der Waals surface area (Å²) in [6.07, 6.45) is -1.35. The second-order valence-electron chi connectivity index (χ2n) is 16.0. The molecule has 0 spiro atoms. The second kappa shape index (κ2) is 16.2. The van der Waals surface area contributed by atoms with Gasteiger partial charge in [0, 0.05) is 80.1 Å². The molecule has 308 valence electrons. The van der Waals surface area contributed by atoms with Crippen LogP contribution in [0.25, 0.3) is 33.4 Å². The first kappa shape index (κ1) is 41.0. The number of ether oxygens (including phenoxy) is 2. The number of nitrogens with one attached hydrogen (secondary N) is 1. The largest absolute Gasteiger partial charge is 0.464 e. The third kappa shape index (κ3) is 8.67. The number of pyridine rings is 1. The third-order valence-corrected chi connectivity index (χ3v) is 12.0. The van der Waals surface area contributed by atoms with Crippen LogP contribution in [0, 0.1) is 11.2 Å². The molecule has 6 heterocycles. The van der Waals surface area contributed by atoms with Gasteiger partial charge in [-0.15, -0.1) is 11.3 Å². The third-order valence-electron chi connectivity index (χ3n) is 11.1. The number of anilines is 1. The van der Waals surface area contributed by atoms with Gasteiger partial charge in [0.05, 0.1) is 64.8 Å². The lowest BCUT2D eigenvalue weighted by Gasteiger charge is -2.36. The van der Waals surface area contributed by atoms with Crippen molar-refractivity contribution in [3.8, 4) is 22.5 Å². The van der Waals surface area contributed by atoms with Gasteiger partial charge in [0.1, 0.15) is 11.9 Å². The van der Waals surface area contributed by atoms with Gasteiger partial charge < -0.3 is 24.7 Å². The first-order valence-electron chi connectivity index (χ1n) is 19.4. The number of hydrogen-bond acceptors (Lipinski definition) is 11. The molecule has 3 aliphatic heterocycles. The number of fused-ring (bicyclic) bond motifs is 6. The van der Waals surface area contributed by atoms with Gasteiger partial charge in [0.25, 0.3) is 5.91 Å². The summed E-state index contributed by atoms with van der Waals surface area (Å²) in [5, 5.41) is 4.53. The van der Waals surface area contributed by atoms with E-state index in [1.54, 1.807) is 18.7 Å². The fraction of sp³-hybridized carbons (Fsp3) is 0.550. The molecule has 3 aliphatic rings. The molecule has 3 aromatic heterocycles. The van der Waals surface area contributed by atoms with Crippen LogP contribution in [0.4, 0.5) is 23.2 Å². The standard InChI is InChI=1S/C40H50F4N8O4S/c1-6-51-33-16-29(41)26-15-25(33)28(36(51)27-14-24(19-46-35(27)23(2)55-5)50-12-10-49(11-13-50)21-40(42,43)44)18-39(3,4)22-56-38(54)31-8-7-9-52(48-31)37(53)30(45)17-34-47-32(26)20-57-34/h14-16,19-20,23,30-31,48H,6-13,17-18,21-22,45H2,1-5H3/t23-,30-,31-/m0/s1. The number of esters is 1. The number of carbonyl (C=O) groups excluding carboxylic acids is 2. The number of halogens is 4. The molecule has 0 saturated carbocycles. The van der Waals surface area contributed by atoms with Gasteiger partial charge in [-0.25, -0.2) is 14.8 Å². The molecule has 3 N–H and O–H groups in total. The smallest absolute Gasteiger partial charge is 0.401 e. The van der Waals surface area contributed by atoms with Crippen molar-refractivity contribution in [3.05, 3.63) is 51.9 Å². The number of cyclic esters (lactones) is 1. The van der Waals surface area contributed by atoms with E-state index in [2.05, 4.69) is 9.99 Å². The van der Waals surface area contributed by atoms with Crippen LogP contribution in [0.3, 0.4) is 0 Å². The van der Waals surface area contributed by atoms with Crippen LogP contribution in [0.5, 0.6) is 0 Å². The first-order chi connectivity index (χ1) is 27.1. The Kier molecular flexibility index (Phi) is 11.7. The van der Waals surface area contributed by atoms with Crippen molar-refractivity contribution in [2.75, 3.05) is 57.9 Å². The number of piperazine rings is 1. The van der Waals surface area contributed by atoms with Gasteiger partial charge in [0.15, 0.2) is 0 Å². The number of benzene rings is 1. The van der Waals surface area contributed by atoms with Crippen LogP contribution >= 0.6 is 11.3 Å². The molecule has 3 atom stereocenters. The molecule has 0 unspecified atom stereocenters. The van der Waals surface area contributed by atoms with E-state index in [0.717, 1.165) is 27.9 Å². The number of aromatic nitrogens is 3. The maximum Gasteiger partial charge on any atom is 0.401 e. The molecule has 0 aliphatic carbocycles. The van der Waals surface area contributed by atoms with E-state index < -0.39 is 48.1 Å². The number of nitrogens with two attached hydrogens (primary N) is 1. The lowest BCUT2D eigenvalue weighted by atomic mass is 9.84. The van der Waals surface area contributed by atoms with E-state index in [9.17, 15) is 22.8 Å². The van der Waals surface area contributed by atoms with E-state index in [4.69, 9.17) is 25.2 Å². The summed E-state index contributed by atoms with van der Waals surface area (Å²) in [7, 11) is 1.60. The number of hydrogen-bond donors (Lipinski definition) is 2. The minimum absolute atomic E-state index is 0.0566. The lowest BCUT2D eigenvalue weighted by molar-refractivity contribution is -0.155. The quantitative estimate of drug-likeness (QED) is 0.180. The van der Waals surface area contributed by atoms with Gasteiger partial charge in [-0.05, 0) is 56.9 Å². The van der Waals surface area contributed by atoms with E-state index in [1.807, 2.05) is 44.7 Å². The SMILES string of the molecule is CCn1c(-c2cc(N3CCN(CC(F)(F)F)CC3)cnc2[C@H](C)OC)c2c3cc(c(F)cc31)-c1csc(n1)C[C@H](N)C(=O)N1CCC[C@H](N1)C(=O)OCC(C)(C)C2. The van der Waals surface area contributed by atoms with Gasteiger partial charge in [-0.3, -0.25) is 24.5 Å². The topological polar surface area (TPSA) is 131 Å². The summed E-state index contributed by atoms with van der Waals surface area (Å²) in [6.45, 7) is 9.12. The Morgan fingerprint density at radius 1 is 1.12 bits per heavy atom. The fourth-order valence-corrected chi connectivity index (χ4v) is 9.00. The fourth-order valence-electron chi connectivity index (χ4n) is 8.15. The van der Waals surface area contributed by atoms with Crippen LogP contribution in [-0.2, 0) is 38.4 Å². The Bertz CT molecular complexity index is 2130. The van der Waals surface area contributed by atoms with E-state index in [-0.39, 0.29) is 32.0 Å². The van der Waals surface area contributed by atoms with Crippen molar-refractivity contribution in [1.82, 2.24) is 29.9 Å². The zero-order valence-corrected chi connectivity index (χ0v) is 33.7. The minimum atomic E-state index is -4.28. The Labute approximate surface area is 333 Å². The highest BCUT2D eigenvalue weighted by atomic mass is 32.1. The molecular weight excluding hydrogens is 765 g/mol. The Balaban J connectivity index is 1.38. The highest BCUT2D eigenvalue weighted by Crippen LogP contribution is 2.43. The number of hydrazine groups is 1. The second-order valence-corrected chi connectivity index (χ2v) is 16.9. The van der Waals surface area contributed by atoms with Gasteiger partial charge >= 0.3 is 12.1 Å². The Morgan fingerprint density at radius 2 is 1.88 bits per heavy atom. The molecule has 2 fully saturated rings. The van der Waals surface area contributed by atoms with Gasteiger partial charge in [-0.1, -0.05) is 13.8 Å². The molecule has 1 amide bonds. The maximum atomic E-state index is 16.4. The first-order valence-corrected chi connectivity index (χ1v) is 20.3. The van der Waals surface area contributed by atoms with Gasteiger partial charge in [-0.2, -0.15) is 13.2 Å². The van der Waals surface area contributed by atoms with Crippen LogP contribution in [0.1, 0.15) is 62.9 Å². The van der Waals surface area contributed by atoms with E-state index in [0.29, 0.717) is 72.9 Å². The van der Waals surface area contributed by atoms with E-state index >= 15 is 4.39 Å². The summed E-state index contributed by atoms with van der Waals surface area (Å²) in [5.74, 6) is -1.30. The van der Waals surface area contributed by atoms with Crippen molar-refractivity contribution in [1.29, 1.82) is 0 Å². The van der Waals surface area contributed by atoms with Gasteiger partial charge in [0.2, 0.25) is 0 Å². The summed E-state index contributed by atoms with van der Waals surface area (Å²) < 4.78 is 69.9. The highest BCUT2D eigenvalue weighted by molar-refractivity contribution is 7.10. The average molecular weight is 815 g/mol. The van der Waals surface area contributed by atoms with E-state index in [1.165, 1.54) is 27.3 Å². The van der Waals surface area contributed by atoms with Crippen molar-refractivity contribution in [2.45, 2.75) is 84.3 Å². The molecule has 0 radical (unpaired) electrons. The number of aryl methyl sites for hydroxylation is 1. The molecule has 1 aromatic carbocycles. The molecule has 17 heteroatoms. The number of carbonyl (C=O) groups is 2. The average Bonchev–Trinajstić information content (AvgIpc) is 3.76. The lowest BCUT2D eigenvalue weighted by Crippen LogP contribution is -2.59. The molecule has 12 nitrogen and oxygen atoms in total. The minimum Gasteiger partial charge on any atom is -0.464 e. The zero-order valence-electron chi connectivity index (χ0n) is 32.9. The predicted molar refractivity (Wildman–Crippen MR) is 210 cm³/mol. The number of alkyl halides is 3. The summed E-state index contributed by atoms with van der Waals surface area (Å²) >= 11 is 1.30. The monoisotopic (exact) mass is 814 g/mol. The Hall–Kier alpha value is -4.16. The van der Waals surface area contributed by atoms with Crippen LogP contribution < -0.4 is 16.1 Å². The number of rotatable bonds is 6. The molecule has 2 saturated heterocycles. The van der Waals surface area contributed by atoms with Crippen LogP contribution in [0.15, 0.2) is 29.8 Å². The van der Waals surface area contributed by atoms with Crippen molar-refractivity contribution >= 4 is 39.8 Å². The van der Waals surface area contributed by atoms with Crippen molar-refractivity contribution in [2.24, 2.45) is 11.1 Å². The summed E-state index contributed by atoms with van der Waals surface area (Å²) in [6, 6.07) is 3.71. The predicted octanol–water partition coefficient (Wildman–Crippen LogP) is 5.87. The van der Waals surface area contributed by atoms with Crippen LogP contribution in [0.2, 0.25) is 0 Å². The maximum absolute atomic E-state index is 16.4. The summed E-state index contributed by atoms with van der Waals surface area (Å²) in [5.41, 5.74) is 14.0. The van der Waals surface area contributed by atoms with Crippen molar-refractivity contribution in [3.63, 3.8) is 0 Å². The van der Waals surface area contributed by atoms with Crippen molar-refractivity contribution < 1.29 is 36.6 Å². The number of thiazole rings is 1. The zero-order chi connectivity index (χ0) is 40.8. The molecule has 4 aromatic rings. The Morgan fingerprint density at radius 3 is 2.58 bits per heavy atom. The highest BCUT2D eigenvalue weighted by Gasteiger charge is 2.36. The number of nitrogens with zero attached hydrogens (tertiary/aromatic N) is 6. The molecule has 57 heavy (non-hydrogen) atoms. The molecule has 7 rings (SSSR count). The normalized spacial score (nSPS) is 21.8. The number of amides is 1. The molecular formula is C40H50F4N8O4S. The summed E-state index contributed by atoms with van der Waals surface area (Å²) in [4.78, 5) is 40.0. The molecule has 6 bridgehead atoms.